The first-order chi connectivity index (χ1) is 8.20. The molecular weight excluding hydrogens is 234 g/mol. The Balaban J connectivity index is 2.00. The number of hydrogen-bond donors (Lipinski definition) is 1. The molecule has 90 valence electrons. The number of nitrogens with one attached hydrogen (secondary N) is 1. The van der Waals surface area contributed by atoms with Gasteiger partial charge in [-0.3, -0.25) is 0 Å². The molecule has 6 heteroatoms. The number of nitrogens with zero attached hydrogens (tertiary/aromatic N) is 4. The van der Waals surface area contributed by atoms with E-state index < -0.39 is 0 Å². The van der Waals surface area contributed by atoms with Crippen LogP contribution in [0.15, 0.2) is 23.5 Å². The number of pyridine rings is 1. The van der Waals surface area contributed by atoms with Gasteiger partial charge >= 0.3 is 0 Å². The summed E-state index contributed by atoms with van der Waals surface area (Å²) in [5.41, 5.74) is 1.18. The Morgan fingerprint density at radius 3 is 2.71 bits per heavy atom. The highest BCUT2D eigenvalue weighted by Crippen LogP contribution is 2.20. The summed E-state index contributed by atoms with van der Waals surface area (Å²) in [6.07, 6.45) is 1.88. The van der Waals surface area contributed by atoms with Crippen molar-refractivity contribution in [3.63, 3.8) is 0 Å². The Labute approximate surface area is 105 Å². The molecule has 5 nitrogen and oxygen atoms in total. The quantitative estimate of drug-likeness (QED) is 0.838. The smallest absolute Gasteiger partial charge is 0.191 e. The number of anilines is 1. The third-order valence-corrected chi connectivity index (χ3v) is 3.59. The predicted octanol–water partition coefficient (Wildman–Crippen LogP) is 1.85. The fourth-order valence-electron chi connectivity index (χ4n) is 1.32. The van der Waals surface area contributed by atoms with Gasteiger partial charge < -0.3 is 9.88 Å². The van der Waals surface area contributed by atoms with Crippen molar-refractivity contribution in [2.75, 3.05) is 12.4 Å². The van der Waals surface area contributed by atoms with Gasteiger partial charge in [0, 0.05) is 26.0 Å². The molecule has 0 saturated carbocycles. The maximum Gasteiger partial charge on any atom is 0.191 e. The van der Waals surface area contributed by atoms with Crippen molar-refractivity contribution in [3.8, 4) is 0 Å². The summed E-state index contributed by atoms with van der Waals surface area (Å²) in [6, 6.07) is 4.03. The van der Waals surface area contributed by atoms with E-state index in [0.29, 0.717) is 0 Å². The summed E-state index contributed by atoms with van der Waals surface area (Å²) in [6.45, 7) is 1.94. The van der Waals surface area contributed by atoms with Crippen molar-refractivity contribution in [2.45, 2.75) is 17.8 Å². The van der Waals surface area contributed by atoms with E-state index in [0.717, 1.165) is 22.6 Å². The van der Waals surface area contributed by atoms with E-state index in [-0.39, 0.29) is 0 Å². The maximum absolute atomic E-state index is 4.27. The van der Waals surface area contributed by atoms with Gasteiger partial charge in [0.15, 0.2) is 5.16 Å². The zero-order valence-electron chi connectivity index (χ0n) is 10.1. The van der Waals surface area contributed by atoms with Crippen molar-refractivity contribution in [2.24, 2.45) is 7.05 Å². The molecule has 0 aliphatic heterocycles. The summed E-state index contributed by atoms with van der Waals surface area (Å²) in [5, 5.41) is 12.1. The van der Waals surface area contributed by atoms with Crippen LogP contribution in [-0.4, -0.2) is 26.8 Å². The summed E-state index contributed by atoms with van der Waals surface area (Å²) < 4.78 is 1.99. The Morgan fingerprint density at radius 2 is 2.18 bits per heavy atom. The molecule has 0 radical (unpaired) electrons. The first-order valence-electron chi connectivity index (χ1n) is 5.32. The van der Waals surface area contributed by atoms with Crippen LogP contribution >= 0.6 is 11.8 Å². The van der Waals surface area contributed by atoms with Crippen LogP contribution in [-0.2, 0) is 12.8 Å². The molecular formula is C11H15N5S. The van der Waals surface area contributed by atoms with Crippen LogP contribution in [0.4, 0.5) is 5.82 Å². The van der Waals surface area contributed by atoms with Gasteiger partial charge in [0.1, 0.15) is 11.6 Å². The number of rotatable bonds is 4. The summed E-state index contributed by atoms with van der Waals surface area (Å²) in [5.74, 6) is 2.66. The van der Waals surface area contributed by atoms with E-state index in [1.807, 2.05) is 37.8 Å². The lowest BCUT2D eigenvalue weighted by atomic mass is 10.3. The third-order valence-electron chi connectivity index (χ3n) is 2.50. The maximum atomic E-state index is 4.27. The first-order valence-corrected chi connectivity index (χ1v) is 6.30. The largest absolute Gasteiger partial charge is 0.373 e. The Bertz CT molecular complexity index is 491. The predicted molar refractivity (Wildman–Crippen MR) is 69.1 cm³/mol. The zero-order chi connectivity index (χ0) is 12.3. The van der Waals surface area contributed by atoms with E-state index in [1.54, 1.807) is 11.8 Å². The van der Waals surface area contributed by atoms with Crippen LogP contribution < -0.4 is 5.32 Å². The molecule has 0 fully saturated rings. The van der Waals surface area contributed by atoms with Crippen LogP contribution in [0.25, 0.3) is 0 Å². The number of hydrogen-bond acceptors (Lipinski definition) is 5. The van der Waals surface area contributed by atoms with Crippen molar-refractivity contribution in [1.82, 2.24) is 19.7 Å². The minimum atomic E-state index is 0.850. The van der Waals surface area contributed by atoms with Gasteiger partial charge in [-0.1, -0.05) is 17.8 Å². The number of thioether (sulfide) groups is 1. The number of aromatic nitrogens is 4. The summed E-state index contributed by atoms with van der Waals surface area (Å²) in [4.78, 5) is 4.27. The van der Waals surface area contributed by atoms with Crippen molar-refractivity contribution in [1.29, 1.82) is 0 Å². The summed E-state index contributed by atoms with van der Waals surface area (Å²) in [7, 11) is 3.83. The van der Waals surface area contributed by atoms with Gasteiger partial charge in [-0.05, 0) is 18.6 Å². The van der Waals surface area contributed by atoms with Crippen LogP contribution in [0.5, 0.6) is 0 Å². The van der Waals surface area contributed by atoms with Gasteiger partial charge in [0.25, 0.3) is 0 Å². The van der Waals surface area contributed by atoms with Crippen molar-refractivity contribution >= 4 is 17.6 Å². The lowest BCUT2D eigenvalue weighted by Crippen LogP contribution is -1.95. The van der Waals surface area contributed by atoms with Gasteiger partial charge in [0.05, 0.1) is 0 Å². The molecule has 0 spiro atoms. The third kappa shape index (κ3) is 2.76. The van der Waals surface area contributed by atoms with Gasteiger partial charge in [0.2, 0.25) is 0 Å². The van der Waals surface area contributed by atoms with Crippen molar-refractivity contribution < 1.29 is 0 Å². The lowest BCUT2D eigenvalue weighted by molar-refractivity contribution is 0.765. The molecule has 1 N–H and O–H groups in total. The lowest BCUT2D eigenvalue weighted by Gasteiger charge is -2.03. The van der Waals surface area contributed by atoms with E-state index in [2.05, 4.69) is 26.6 Å². The molecule has 0 aromatic carbocycles. The first kappa shape index (κ1) is 11.9. The highest BCUT2D eigenvalue weighted by Gasteiger charge is 2.05. The average molecular weight is 249 g/mol. The van der Waals surface area contributed by atoms with Crippen molar-refractivity contribution in [3.05, 3.63) is 29.7 Å². The van der Waals surface area contributed by atoms with E-state index in [9.17, 15) is 0 Å². The number of aryl methyl sites for hydroxylation is 1. The van der Waals surface area contributed by atoms with E-state index >= 15 is 0 Å². The van der Waals surface area contributed by atoms with Crippen LogP contribution in [0.3, 0.4) is 0 Å². The fourth-order valence-corrected chi connectivity index (χ4v) is 2.21. The van der Waals surface area contributed by atoms with Crippen LogP contribution in [0.2, 0.25) is 0 Å². The molecule has 2 heterocycles. The van der Waals surface area contributed by atoms with E-state index in [4.69, 9.17) is 0 Å². The second-order valence-corrected chi connectivity index (χ2v) is 4.62. The fraction of sp³-hybridized carbons (Fsp3) is 0.364. The molecule has 0 amide bonds. The summed E-state index contributed by atoms with van der Waals surface area (Å²) >= 11 is 1.66. The van der Waals surface area contributed by atoms with E-state index in [1.165, 1.54) is 5.56 Å². The van der Waals surface area contributed by atoms with Gasteiger partial charge in [-0.25, -0.2) is 4.98 Å². The molecule has 2 aromatic rings. The Kier molecular flexibility index (Phi) is 3.63. The minimum absolute atomic E-state index is 0.850. The molecule has 17 heavy (non-hydrogen) atoms. The molecule has 0 atom stereocenters. The van der Waals surface area contributed by atoms with Gasteiger partial charge in [-0.15, -0.1) is 10.2 Å². The molecule has 2 aromatic heterocycles. The monoisotopic (exact) mass is 249 g/mol. The average Bonchev–Trinajstić information content (AvgIpc) is 2.68. The topological polar surface area (TPSA) is 55.6 Å². The zero-order valence-corrected chi connectivity index (χ0v) is 11.0. The normalized spacial score (nSPS) is 10.5. The second kappa shape index (κ2) is 5.18. The molecule has 0 aliphatic rings. The molecule has 2 rings (SSSR count). The second-order valence-electron chi connectivity index (χ2n) is 3.68. The van der Waals surface area contributed by atoms with Crippen LogP contribution in [0.1, 0.15) is 11.4 Å². The highest BCUT2D eigenvalue weighted by molar-refractivity contribution is 7.98. The molecule has 0 saturated heterocycles. The SMILES string of the molecule is CNc1ccc(CSc2nnc(C)n2C)cn1. The minimum Gasteiger partial charge on any atom is -0.373 e. The van der Waals surface area contributed by atoms with Gasteiger partial charge in [-0.2, -0.15) is 0 Å². The molecule has 0 bridgehead atoms. The standard InChI is InChI=1S/C11H15N5S/c1-8-14-15-11(16(8)3)17-7-9-4-5-10(12-2)13-6-9/h4-6H,7H2,1-3H3,(H,12,13). The Morgan fingerprint density at radius 1 is 1.35 bits per heavy atom. The Hall–Kier alpha value is -1.56. The highest BCUT2D eigenvalue weighted by atomic mass is 32.2. The molecule has 0 unspecified atom stereocenters. The van der Waals surface area contributed by atoms with Crippen LogP contribution in [0, 0.1) is 6.92 Å². The molecule has 0 aliphatic carbocycles.